The molecule has 2 rings (SSSR count). The third-order valence-electron chi connectivity index (χ3n) is 2.83. The lowest BCUT2D eigenvalue weighted by atomic mass is 10.3. The van der Waals surface area contributed by atoms with Crippen molar-refractivity contribution in [1.29, 1.82) is 0 Å². The van der Waals surface area contributed by atoms with Gasteiger partial charge in [0.05, 0.1) is 3.79 Å². The molecule has 21 heavy (non-hydrogen) atoms. The van der Waals surface area contributed by atoms with Gasteiger partial charge in [0.15, 0.2) is 5.69 Å². The molecule has 0 bridgehead atoms. The van der Waals surface area contributed by atoms with Gasteiger partial charge in [0, 0.05) is 20.1 Å². The van der Waals surface area contributed by atoms with Crippen molar-refractivity contribution in [1.82, 2.24) is 15.1 Å². The lowest BCUT2D eigenvalue weighted by Crippen LogP contribution is -2.27. The summed E-state index contributed by atoms with van der Waals surface area (Å²) in [6.07, 6.45) is 1.02. The number of anilines is 1. The molecule has 2 heterocycles. The van der Waals surface area contributed by atoms with Crippen LogP contribution in [0, 0.1) is 0 Å². The van der Waals surface area contributed by atoms with Crippen molar-refractivity contribution in [3.05, 3.63) is 38.6 Å². The summed E-state index contributed by atoms with van der Waals surface area (Å²) in [7, 11) is 1.76. The molecular formula is C14H17BrN4OS. The Bertz CT molecular complexity index is 599. The van der Waals surface area contributed by atoms with Crippen molar-refractivity contribution in [2.45, 2.75) is 19.9 Å². The van der Waals surface area contributed by atoms with Gasteiger partial charge in [0.1, 0.15) is 5.82 Å². The van der Waals surface area contributed by atoms with Gasteiger partial charge in [0.25, 0.3) is 5.91 Å². The molecule has 0 fully saturated rings. The van der Waals surface area contributed by atoms with Crippen LogP contribution in [0.3, 0.4) is 0 Å². The second kappa shape index (κ2) is 7.51. The van der Waals surface area contributed by atoms with Crippen LogP contribution in [-0.2, 0) is 6.54 Å². The van der Waals surface area contributed by atoms with Gasteiger partial charge in [-0.3, -0.25) is 4.79 Å². The van der Waals surface area contributed by atoms with E-state index in [1.165, 1.54) is 0 Å². The highest BCUT2D eigenvalue weighted by molar-refractivity contribution is 9.11. The number of amides is 1. The molecule has 0 saturated heterocycles. The first-order valence-corrected chi connectivity index (χ1v) is 8.33. The zero-order valence-electron chi connectivity index (χ0n) is 12.0. The number of carbonyl (C=O) groups excluding carboxylic acids is 1. The molecule has 0 aliphatic rings. The summed E-state index contributed by atoms with van der Waals surface area (Å²) in [5.74, 6) is 0.560. The summed E-state index contributed by atoms with van der Waals surface area (Å²) in [4.78, 5) is 13.9. The minimum atomic E-state index is -0.133. The molecule has 2 aromatic rings. The molecule has 0 atom stereocenters. The van der Waals surface area contributed by atoms with Crippen molar-refractivity contribution in [2.75, 3.05) is 18.9 Å². The number of carbonyl (C=O) groups is 1. The molecule has 0 radical (unpaired) electrons. The number of nitrogens with one attached hydrogen (secondary N) is 1. The van der Waals surface area contributed by atoms with Crippen LogP contribution < -0.4 is 5.32 Å². The highest BCUT2D eigenvalue weighted by Gasteiger charge is 2.14. The second-order valence-corrected chi connectivity index (χ2v) is 6.94. The maximum Gasteiger partial charge on any atom is 0.274 e. The fourth-order valence-corrected chi connectivity index (χ4v) is 2.96. The van der Waals surface area contributed by atoms with E-state index < -0.39 is 0 Å². The van der Waals surface area contributed by atoms with Crippen LogP contribution in [0.1, 0.15) is 29.4 Å². The quantitative estimate of drug-likeness (QED) is 0.848. The smallest absolute Gasteiger partial charge is 0.274 e. The molecule has 1 amide bonds. The Labute approximate surface area is 136 Å². The van der Waals surface area contributed by atoms with E-state index in [-0.39, 0.29) is 5.91 Å². The van der Waals surface area contributed by atoms with Gasteiger partial charge in [0.2, 0.25) is 0 Å². The van der Waals surface area contributed by atoms with E-state index in [2.05, 4.69) is 38.4 Å². The number of aromatic nitrogens is 2. The van der Waals surface area contributed by atoms with Crippen molar-refractivity contribution >= 4 is 39.0 Å². The van der Waals surface area contributed by atoms with E-state index in [0.29, 0.717) is 18.1 Å². The number of nitrogens with zero attached hydrogens (tertiary/aromatic N) is 3. The molecule has 0 aliphatic heterocycles. The van der Waals surface area contributed by atoms with Crippen LogP contribution in [-0.4, -0.2) is 34.6 Å². The zero-order chi connectivity index (χ0) is 15.2. The molecule has 112 valence electrons. The van der Waals surface area contributed by atoms with Crippen LogP contribution in [0.15, 0.2) is 27.4 Å². The number of hydrogen-bond acceptors (Lipinski definition) is 5. The molecule has 1 N–H and O–H groups in total. The first-order chi connectivity index (χ1) is 10.1. The molecule has 2 aromatic heterocycles. The van der Waals surface area contributed by atoms with Crippen molar-refractivity contribution < 1.29 is 4.79 Å². The SMILES string of the molecule is CCCNc1ccc(C(=O)N(C)Cc2csc(Br)c2)nn1. The van der Waals surface area contributed by atoms with Gasteiger partial charge in [-0.2, -0.15) is 0 Å². The van der Waals surface area contributed by atoms with Crippen molar-refractivity contribution in [3.63, 3.8) is 0 Å². The van der Waals surface area contributed by atoms with E-state index in [9.17, 15) is 4.79 Å². The van der Waals surface area contributed by atoms with Crippen LogP contribution in [0.25, 0.3) is 0 Å². The van der Waals surface area contributed by atoms with Crippen LogP contribution >= 0.6 is 27.3 Å². The standard InChI is InChI=1S/C14H17BrN4OS/c1-3-6-16-13-5-4-11(17-18-13)14(20)19(2)8-10-7-12(15)21-9-10/h4-5,7,9H,3,6,8H2,1-2H3,(H,16,18). The minimum absolute atomic E-state index is 0.133. The molecule has 0 unspecified atom stereocenters. The average molecular weight is 369 g/mol. The fraction of sp³-hybridized carbons (Fsp3) is 0.357. The van der Waals surface area contributed by atoms with Crippen LogP contribution in [0.2, 0.25) is 0 Å². The zero-order valence-corrected chi connectivity index (χ0v) is 14.4. The third kappa shape index (κ3) is 4.50. The molecule has 7 heteroatoms. The summed E-state index contributed by atoms with van der Waals surface area (Å²) >= 11 is 5.02. The lowest BCUT2D eigenvalue weighted by molar-refractivity contribution is 0.0778. The third-order valence-corrected chi connectivity index (χ3v) is 4.38. The van der Waals surface area contributed by atoms with E-state index in [0.717, 1.165) is 22.3 Å². The van der Waals surface area contributed by atoms with Crippen molar-refractivity contribution in [2.24, 2.45) is 0 Å². The maximum atomic E-state index is 12.3. The molecule has 5 nitrogen and oxygen atoms in total. The van der Waals surface area contributed by atoms with Crippen LogP contribution in [0.4, 0.5) is 5.82 Å². The normalized spacial score (nSPS) is 10.4. The number of halogens is 1. The predicted molar refractivity (Wildman–Crippen MR) is 88.6 cm³/mol. The maximum absolute atomic E-state index is 12.3. The summed E-state index contributed by atoms with van der Waals surface area (Å²) in [5, 5.41) is 13.2. The Morgan fingerprint density at radius 2 is 2.24 bits per heavy atom. The van der Waals surface area contributed by atoms with Gasteiger partial charge >= 0.3 is 0 Å². The Morgan fingerprint density at radius 1 is 1.43 bits per heavy atom. The second-order valence-electron chi connectivity index (χ2n) is 4.65. The first kappa shape index (κ1) is 15.9. The minimum Gasteiger partial charge on any atom is -0.369 e. The Balaban J connectivity index is 1.98. The number of thiophene rings is 1. The molecule has 0 saturated carbocycles. The summed E-state index contributed by atoms with van der Waals surface area (Å²) in [6, 6.07) is 5.50. The number of hydrogen-bond donors (Lipinski definition) is 1. The number of rotatable bonds is 6. The van der Waals surface area contributed by atoms with Gasteiger partial charge in [-0.15, -0.1) is 21.5 Å². The van der Waals surface area contributed by atoms with Gasteiger partial charge in [-0.1, -0.05) is 6.92 Å². The van der Waals surface area contributed by atoms with Gasteiger partial charge in [-0.25, -0.2) is 0 Å². The molecular weight excluding hydrogens is 352 g/mol. The predicted octanol–water partition coefficient (Wildman–Crippen LogP) is 3.39. The summed E-state index contributed by atoms with van der Waals surface area (Å²) in [6.45, 7) is 3.48. The lowest BCUT2D eigenvalue weighted by Gasteiger charge is -2.15. The van der Waals surface area contributed by atoms with Gasteiger partial charge < -0.3 is 10.2 Å². The molecule has 0 aromatic carbocycles. The largest absolute Gasteiger partial charge is 0.369 e. The summed E-state index contributed by atoms with van der Waals surface area (Å²) in [5.41, 5.74) is 1.45. The fourth-order valence-electron chi connectivity index (χ4n) is 1.76. The van der Waals surface area contributed by atoms with Crippen molar-refractivity contribution in [3.8, 4) is 0 Å². The summed E-state index contributed by atoms with van der Waals surface area (Å²) < 4.78 is 1.06. The molecule has 0 spiro atoms. The topological polar surface area (TPSA) is 58.1 Å². The van der Waals surface area contributed by atoms with Crippen LogP contribution in [0.5, 0.6) is 0 Å². The Kier molecular flexibility index (Phi) is 5.69. The average Bonchev–Trinajstić information content (AvgIpc) is 2.90. The van der Waals surface area contributed by atoms with Gasteiger partial charge in [-0.05, 0) is 51.5 Å². The Hall–Kier alpha value is -1.47. The van der Waals surface area contributed by atoms with E-state index >= 15 is 0 Å². The monoisotopic (exact) mass is 368 g/mol. The van der Waals surface area contributed by atoms with E-state index in [4.69, 9.17) is 0 Å². The molecule has 0 aliphatic carbocycles. The first-order valence-electron chi connectivity index (χ1n) is 6.66. The Morgan fingerprint density at radius 3 is 2.81 bits per heavy atom. The van der Waals surface area contributed by atoms with E-state index in [1.807, 2.05) is 11.4 Å². The van der Waals surface area contributed by atoms with E-state index in [1.54, 1.807) is 35.4 Å². The highest BCUT2D eigenvalue weighted by atomic mass is 79.9. The highest BCUT2D eigenvalue weighted by Crippen LogP contribution is 2.21.